The quantitative estimate of drug-likeness (QED) is 0.846. The van der Waals surface area contributed by atoms with Gasteiger partial charge in [0, 0.05) is 0 Å². The van der Waals surface area contributed by atoms with E-state index in [1.165, 1.54) is 0 Å². The molecule has 0 atom stereocenters. The van der Waals surface area contributed by atoms with Gasteiger partial charge in [0.1, 0.15) is 5.60 Å². The molecule has 0 spiro atoms. The summed E-state index contributed by atoms with van der Waals surface area (Å²) in [6, 6.07) is 0. The van der Waals surface area contributed by atoms with Crippen LogP contribution >= 0.6 is 31.9 Å². The summed E-state index contributed by atoms with van der Waals surface area (Å²) in [7, 11) is 0. The number of hydrogen-bond donors (Lipinski definition) is 1. The van der Waals surface area contributed by atoms with Gasteiger partial charge in [-0.25, -0.2) is 4.79 Å². The number of amides is 1. The smallest absolute Gasteiger partial charge is 0.405 e. The second-order valence-electron chi connectivity index (χ2n) is 2.42. The summed E-state index contributed by atoms with van der Waals surface area (Å²) in [4.78, 5) is 10.4. The van der Waals surface area contributed by atoms with Crippen LogP contribution in [-0.2, 0) is 4.74 Å². The lowest BCUT2D eigenvalue weighted by Gasteiger charge is -2.08. The van der Waals surface area contributed by atoms with Gasteiger partial charge in [0.25, 0.3) is 0 Å². The standard InChI is InChI=1S/C6H7Br2NO2/c7-4(8)3-6(1-2-6)11-5(9)10/h3H,1-2H2,(H2,9,10). The second-order valence-corrected chi connectivity index (χ2v) is 5.19. The number of halogens is 2. The highest BCUT2D eigenvalue weighted by Gasteiger charge is 2.44. The molecule has 0 aliphatic heterocycles. The third-order valence-corrected chi connectivity index (χ3v) is 1.88. The summed E-state index contributed by atoms with van der Waals surface area (Å²) in [5.41, 5.74) is 4.44. The molecule has 1 aliphatic rings. The second kappa shape index (κ2) is 3.15. The van der Waals surface area contributed by atoms with Crippen molar-refractivity contribution in [3.05, 3.63) is 9.47 Å². The Morgan fingerprint density at radius 2 is 2.09 bits per heavy atom. The van der Waals surface area contributed by atoms with Crippen LogP contribution in [0.5, 0.6) is 0 Å². The van der Waals surface area contributed by atoms with E-state index in [0.29, 0.717) is 0 Å². The summed E-state index contributed by atoms with van der Waals surface area (Å²) < 4.78 is 5.64. The first-order valence-corrected chi connectivity index (χ1v) is 4.65. The van der Waals surface area contributed by atoms with E-state index in [2.05, 4.69) is 31.9 Å². The predicted octanol–water partition coefficient (Wildman–Crippen LogP) is 2.25. The molecule has 1 amide bonds. The first kappa shape index (κ1) is 9.06. The van der Waals surface area contributed by atoms with Crippen LogP contribution in [0.3, 0.4) is 0 Å². The van der Waals surface area contributed by atoms with Gasteiger partial charge in [-0.15, -0.1) is 0 Å². The third-order valence-electron chi connectivity index (χ3n) is 1.42. The van der Waals surface area contributed by atoms with E-state index in [4.69, 9.17) is 10.5 Å². The van der Waals surface area contributed by atoms with Gasteiger partial charge in [0.2, 0.25) is 0 Å². The highest BCUT2D eigenvalue weighted by Crippen LogP contribution is 2.43. The first-order chi connectivity index (χ1) is 5.04. The maximum absolute atomic E-state index is 10.4. The van der Waals surface area contributed by atoms with Crippen molar-refractivity contribution in [3.63, 3.8) is 0 Å². The van der Waals surface area contributed by atoms with Crippen molar-refractivity contribution in [2.75, 3.05) is 0 Å². The number of nitrogens with two attached hydrogens (primary N) is 1. The Morgan fingerprint density at radius 1 is 1.55 bits per heavy atom. The molecule has 0 radical (unpaired) electrons. The van der Waals surface area contributed by atoms with Crippen LogP contribution in [0.15, 0.2) is 9.47 Å². The van der Waals surface area contributed by atoms with Gasteiger partial charge < -0.3 is 10.5 Å². The Balaban J connectivity index is 2.54. The van der Waals surface area contributed by atoms with Gasteiger partial charge in [-0.05, 0) is 50.8 Å². The zero-order valence-electron chi connectivity index (χ0n) is 5.64. The number of rotatable bonds is 2. The molecule has 0 bridgehead atoms. The molecule has 1 saturated carbocycles. The minimum Gasteiger partial charge on any atom is -0.439 e. The zero-order chi connectivity index (χ0) is 8.48. The number of carbonyl (C=O) groups excluding carboxylic acids is 1. The van der Waals surface area contributed by atoms with E-state index in [0.717, 1.165) is 16.2 Å². The van der Waals surface area contributed by atoms with Gasteiger partial charge in [-0.3, -0.25) is 0 Å². The molecule has 1 aliphatic carbocycles. The molecule has 0 aromatic rings. The Labute approximate surface area is 81.2 Å². The van der Waals surface area contributed by atoms with E-state index >= 15 is 0 Å². The van der Waals surface area contributed by atoms with Gasteiger partial charge in [0.15, 0.2) is 0 Å². The lowest BCUT2D eigenvalue weighted by molar-refractivity contribution is 0.118. The number of ether oxygens (including phenoxy) is 1. The van der Waals surface area contributed by atoms with E-state index < -0.39 is 11.7 Å². The molecule has 0 unspecified atom stereocenters. The van der Waals surface area contributed by atoms with Gasteiger partial charge in [0.05, 0.1) is 3.39 Å². The largest absolute Gasteiger partial charge is 0.439 e. The highest BCUT2D eigenvalue weighted by atomic mass is 79.9. The van der Waals surface area contributed by atoms with Gasteiger partial charge in [-0.1, -0.05) is 0 Å². The van der Waals surface area contributed by atoms with Gasteiger partial charge >= 0.3 is 6.09 Å². The predicted molar refractivity (Wildman–Crippen MR) is 48.6 cm³/mol. The van der Waals surface area contributed by atoms with Crippen LogP contribution < -0.4 is 5.73 Å². The van der Waals surface area contributed by atoms with Crippen LogP contribution in [0.1, 0.15) is 12.8 Å². The molecular weight excluding hydrogens is 278 g/mol. The maximum atomic E-state index is 10.4. The Morgan fingerprint density at radius 3 is 2.36 bits per heavy atom. The normalized spacial score (nSPS) is 18.7. The molecule has 0 heterocycles. The summed E-state index contributed by atoms with van der Waals surface area (Å²) >= 11 is 6.37. The Kier molecular flexibility index (Phi) is 2.59. The highest BCUT2D eigenvalue weighted by molar-refractivity contribution is 9.28. The number of primary amides is 1. The molecule has 1 fully saturated rings. The molecule has 0 saturated heterocycles. The van der Waals surface area contributed by atoms with Crippen molar-refractivity contribution < 1.29 is 9.53 Å². The Bertz CT molecular complexity index is 207. The average molecular weight is 285 g/mol. The van der Waals surface area contributed by atoms with Crippen molar-refractivity contribution in [1.29, 1.82) is 0 Å². The minimum absolute atomic E-state index is 0.436. The van der Waals surface area contributed by atoms with Gasteiger partial charge in [-0.2, -0.15) is 0 Å². The molecule has 0 aromatic carbocycles. The molecule has 1 rings (SSSR count). The van der Waals surface area contributed by atoms with Crippen molar-refractivity contribution in [2.24, 2.45) is 5.73 Å². The van der Waals surface area contributed by atoms with E-state index in [-0.39, 0.29) is 0 Å². The lowest BCUT2D eigenvalue weighted by atomic mass is 10.3. The number of hydrogen-bond acceptors (Lipinski definition) is 2. The van der Waals surface area contributed by atoms with Crippen molar-refractivity contribution in [3.8, 4) is 0 Å². The fourth-order valence-corrected chi connectivity index (χ4v) is 1.63. The fourth-order valence-electron chi connectivity index (χ4n) is 0.798. The minimum atomic E-state index is -0.722. The molecule has 2 N–H and O–H groups in total. The Hall–Kier alpha value is -0.0300. The van der Waals surface area contributed by atoms with Crippen LogP contribution in [0, 0.1) is 0 Å². The van der Waals surface area contributed by atoms with Crippen LogP contribution in [-0.4, -0.2) is 11.7 Å². The molecular formula is C6H7Br2NO2. The van der Waals surface area contributed by atoms with Crippen molar-refractivity contribution in [1.82, 2.24) is 0 Å². The maximum Gasteiger partial charge on any atom is 0.405 e. The monoisotopic (exact) mass is 283 g/mol. The fraction of sp³-hybridized carbons (Fsp3) is 0.500. The SMILES string of the molecule is NC(=O)OC1(C=C(Br)Br)CC1. The van der Waals surface area contributed by atoms with Crippen LogP contribution in [0.4, 0.5) is 4.79 Å². The number of carbonyl (C=O) groups is 1. The van der Waals surface area contributed by atoms with E-state index in [9.17, 15) is 4.79 Å². The van der Waals surface area contributed by atoms with Crippen LogP contribution in [0.25, 0.3) is 0 Å². The topological polar surface area (TPSA) is 52.3 Å². The molecule has 62 valence electrons. The summed E-state index contributed by atoms with van der Waals surface area (Å²) in [5, 5.41) is 0. The average Bonchev–Trinajstić information content (AvgIpc) is 2.43. The lowest BCUT2D eigenvalue weighted by Crippen LogP contribution is -2.22. The summed E-state index contributed by atoms with van der Waals surface area (Å²) in [6.45, 7) is 0. The van der Waals surface area contributed by atoms with E-state index in [1.807, 2.05) is 0 Å². The summed E-state index contributed by atoms with van der Waals surface area (Å²) in [6.07, 6.45) is 2.75. The van der Waals surface area contributed by atoms with Crippen molar-refractivity contribution >= 4 is 38.0 Å². The van der Waals surface area contributed by atoms with E-state index in [1.54, 1.807) is 6.08 Å². The molecule has 11 heavy (non-hydrogen) atoms. The zero-order valence-corrected chi connectivity index (χ0v) is 8.81. The van der Waals surface area contributed by atoms with Crippen LogP contribution in [0.2, 0.25) is 0 Å². The molecule has 3 nitrogen and oxygen atoms in total. The molecule has 0 aromatic heterocycles. The molecule has 5 heteroatoms. The third kappa shape index (κ3) is 2.83. The van der Waals surface area contributed by atoms with Crippen molar-refractivity contribution in [2.45, 2.75) is 18.4 Å². The summed E-state index contributed by atoms with van der Waals surface area (Å²) in [5.74, 6) is 0. The first-order valence-electron chi connectivity index (χ1n) is 3.06.